The average molecular weight is 257 g/mol. The first-order chi connectivity index (χ1) is 9.92. The summed E-state index contributed by atoms with van der Waals surface area (Å²) in [6.45, 7) is 0. The number of hydrogen-bond donors (Lipinski definition) is 0. The molecule has 5 rings (SSSR count). The van der Waals surface area contributed by atoms with E-state index in [4.69, 9.17) is 9.98 Å². The molecule has 2 heteroatoms. The maximum absolute atomic E-state index is 4.86. The molecule has 0 atom stereocenters. The third-order valence-electron chi connectivity index (χ3n) is 4.41. The molecule has 95 valence electrons. The van der Waals surface area contributed by atoms with Crippen molar-refractivity contribution in [3.05, 3.63) is 64.8 Å². The van der Waals surface area contributed by atoms with Crippen LogP contribution in [0, 0.1) is 6.42 Å². The summed E-state index contributed by atoms with van der Waals surface area (Å²) in [5.74, 6) is 0. The normalized spacial score (nSPS) is 17.8. The first-order valence-corrected chi connectivity index (χ1v) is 7.18. The zero-order valence-corrected chi connectivity index (χ0v) is 11.1. The molecule has 0 saturated heterocycles. The van der Waals surface area contributed by atoms with Gasteiger partial charge in [-0.3, -0.25) is 0 Å². The summed E-state index contributed by atoms with van der Waals surface area (Å²) in [6, 6.07) is 12.8. The minimum absolute atomic E-state index is 1.06. The number of allylic oxidation sites excluding steroid dienone is 2. The van der Waals surface area contributed by atoms with Gasteiger partial charge in [-0.2, -0.15) is 0 Å². The van der Waals surface area contributed by atoms with Crippen molar-refractivity contribution >= 4 is 11.3 Å². The summed E-state index contributed by atoms with van der Waals surface area (Å²) in [6.07, 6.45) is 5.81. The fraction of sp³-hybridized carbons (Fsp3) is 0.167. The van der Waals surface area contributed by atoms with Crippen molar-refractivity contribution in [2.75, 3.05) is 0 Å². The van der Waals surface area contributed by atoms with E-state index in [0.717, 1.165) is 29.2 Å². The van der Waals surface area contributed by atoms with Crippen molar-refractivity contribution in [1.82, 2.24) is 0 Å². The Bertz CT molecular complexity index is 904. The van der Waals surface area contributed by atoms with Crippen LogP contribution in [-0.4, -0.2) is 0 Å². The second-order valence-corrected chi connectivity index (χ2v) is 5.56. The molecule has 2 heterocycles. The van der Waals surface area contributed by atoms with E-state index in [-0.39, 0.29) is 0 Å². The highest BCUT2D eigenvalue weighted by Crippen LogP contribution is 2.36. The number of benzene rings is 2. The van der Waals surface area contributed by atoms with Gasteiger partial charge >= 0.3 is 0 Å². The minimum Gasteiger partial charge on any atom is -0.250 e. The quantitative estimate of drug-likeness (QED) is 0.590. The SMILES string of the molecule is [CH]1CCCC2=C1N=c1c2ccc2c1=Nc1ccccc1-2. The number of para-hydroxylation sites is 1. The molecule has 20 heavy (non-hydrogen) atoms. The largest absolute Gasteiger partial charge is 0.250 e. The highest BCUT2D eigenvalue weighted by molar-refractivity contribution is 5.82. The van der Waals surface area contributed by atoms with Crippen molar-refractivity contribution in [1.29, 1.82) is 0 Å². The zero-order valence-electron chi connectivity index (χ0n) is 11.1. The van der Waals surface area contributed by atoms with Gasteiger partial charge in [0.2, 0.25) is 0 Å². The van der Waals surface area contributed by atoms with Gasteiger partial charge in [0.05, 0.1) is 16.4 Å². The van der Waals surface area contributed by atoms with Crippen LogP contribution >= 0.6 is 0 Å². The van der Waals surface area contributed by atoms with E-state index in [1.54, 1.807) is 0 Å². The zero-order chi connectivity index (χ0) is 13.1. The van der Waals surface area contributed by atoms with E-state index >= 15 is 0 Å². The summed E-state index contributed by atoms with van der Waals surface area (Å²) >= 11 is 0. The first kappa shape index (κ1) is 10.6. The lowest BCUT2D eigenvalue weighted by Crippen LogP contribution is -2.27. The molecule has 0 bridgehead atoms. The van der Waals surface area contributed by atoms with Crippen LogP contribution in [0.15, 0.2) is 52.1 Å². The summed E-state index contributed by atoms with van der Waals surface area (Å²) in [5, 5.41) is 2.15. The van der Waals surface area contributed by atoms with Crippen LogP contribution in [-0.2, 0) is 0 Å². The number of nitrogens with zero attached hydrogens (tertiary/aromatic N) is 2. The lowest BCUT2D eigenvalue weighted by atomic mass is 9.92. The summed E-state index contributed by atoms with van der Waals surface area (Å²) in [5.41, 5.74) is 7.43. The monoisotopic (exact) mass is 257 g/mol. The van der Waals surface area contributed by atoms with E-state index in [9.17, 15) is 0 Å². The molecule has 1 radical (unpaired) electrons. The molecule has 2 nitrogen and oxygen atoms in total. The second kappa shape index (κ2) is 3.66. The third kappa shape index (κ3) is 1.24. The molecular weight excluding hydrogens is 244 g/mol. The average Bonchev–Trinajstić information content (AvgIpc) is 3.05. The molecule has 0 spiro atoms. The predicted molar refractivity (Wildman–Crippen MR) is 78.9 cm³/mol. The van der Waals surface area contributed by atoms with Crippen LogP contribution in [0.5, 0.6) is 0 Å². The Balaban J connectivity index is 1.84. The Morgan fingerprint density at radius 1 is 0.800 bits per heavy atom. The van der Waals surface area contributed by atoms with Gasteiger partial charge in [0.15, 0.2) is 0 Å². The Hall–Kier alpha value is -2.22. The van der Waals surface area contributed by atoms with Crippen molar-refractivity contribution in [3.8, 4) is 11.1 Å². The van der Waals surface area contributed by atoms with Crippen LogP contribution in [0.1, 0.15) is 24.8 Å². The number of rotatable bonds is 0. The highest BCUT2D eigenvalue weighted by Gasteiger charge is 2.24. The second-order valence-electron chi connectivity index (χ2n) is 5.56. The van der Waals surface area contributed by atoms with E-state index in [1.165, 1.54) is 34.4 Å². The molecule has 2 aromatic carbocycles. The minimum atomic E-state index is 1.06. The van der Waals surface area contributed by atoms with E-state index in [0.29, 0.717) is 0 Å². The molecular formula is C18H13N2. The topological polar surface area (TPSA) is 24.7 Å². The first-order valence-electron chi connectivity index (χ1n) is 7.18. The third-order valence-corrected chi connectivity index (χ3v) is 4.41. The van der Waals surface area contributed by atoms with Crippen LogP contribution in [0.2, 0.25) is 0 Å². The molecule has 0 unspecified atom stereocenters. The molecule has 0 saturated carbocycles. The Kier molecular flexibility index (Phi) is 1.93. The Labute approximate surface area is 117 Å². The Morgan fingerprint density at radius 2 is 1.65 bits per heavy atom. The molecule has 2 aliphatic heterocycles. The molecule has 3 aliphatic rings. The molecule has 0 amide bonds. The van der Waals surface area contributed by atoms with Gasteiger partial charge in [0.1, 0.15) is 0 Å². The lowest BCUT2D eigenvalue weighted by Gasteiger charge is -2.12. The standard InChI is InChI=1S/C18H13N2/c1-3-7-15-11(5-1)13-9-10-14-12-6-2-4-8-16(12)20-18(14)17(13)19-15/h1,3,5,7-10H,2,4,6H2. The summed E-state index contributed by atoms with van der Waals surface area (Å²) < 4.78 is 0. The molecule has 0 aromatic heterocycles. The van der Waals surface area contributed by atoms with E-state index in [1.807, 2.05) is 6.07 Å². The van der Waals surface area contributed by atoms with Gasteiger partial charge in [-0.25, -0.2) is 9.98 Å². The van der Waals surface area contributed by atoms with Crippen molar-refractivity contribution in [2.24, 2.45) is 9.98 Å². The Morgan fingerprint density at radius 3 is 2.65 bits per heavy atom. The van der Waals surface area contributed by atoms with Crippen LogP contribution in [0.4, 0.5) is 5.69 Å². The summed E-state index contributed by atoms with van der Waals surface area (Å²) in [7, 11) is 0. The molecule has 0 N–H and O–H groups in total. The van der Waals surface area contributed by atoms with Crippen molar-refractivity contribution < 1.29 is 0 Å². The maximum Gasteiger partial charge on any atom is 0.0979 e. The molecule has 0 fully saturated rings. The van der Waals surface area contributed by atoms with Crippen LogP contribution < -0.4 is 10.7 Å². The molecule has 2 aromatic rings. The van der Waals surface area contributed by atoms with E-state index in [2.05, 4.69) is 36.8 Å². The molecule has 1 aliphatic carbocycles. The van der Waals surface area contributed by atoms with Crippen molar-refractivity contribution in [2.45, 2.75) is 19.3 Å². The van der Waals surface area contributed by atoms with Gasteiger partial charge in [0.25, 0.3) is 0 Å². The smallest absolute Gasteiger partial charge is 0.0979 e. The van der Waals surface area contributed by atoms with Gasteiger partial charge in [-0.05, 0) is 30.9 Å². The lowest BCUT2D eigenvalue weighted by molar-refractivity contribution is 0.812. The van der Waals surface area contributed by atoms with Crippen LogP contribution in [0.3, 0.4) is 0 Å². The summed E-state index contributed by atoms with van der Waals surface area (Å²) in [4.78, 5) is 9.67. The fourth-order valence-electron chi connectivity index (χ4n) is 3.46. The van der Waals surface area contributed by atoms with E-state index < -0.39 is 0 Å². The van der Waals surface area contributed by atoms with Gasteiger partial charge in [-0.1, -0.05) is 30.3 Å². The number of fused-ring (bicyclic) bond motifs is 6. The fourth-order valence-corrected chi connectivity index (χ4v) is 3.46. The predicted octanol–water partition coefficient (Wildman–Crippen LogP) is 3.35. The van der Waals surface area contributed by atoms with Gasteiger partial charge < -0.3 is 0 Å². The maximum atomic E-state index is 4.86. The highest BCUT2D eigenvalue weighted by atomic mass is 14.8. The van der Waals surface area contributed by atoms with Gasteiger partial charge in [0, 0.05) is 28.8 Å². The van der Waals surface area contributed by atoms with Crippen molar-refractivity contribution in [3.63, 3.8) is 0 Å². The van der Waals surface area contributed by atoms with Gasteiger partial charge in [-0.15, -0.1) is 0 Å². The number of hydrogen-bond acceptors (Lipinski definition) is 2. The van der Waals surface area contributed by atoms with Crippen LogP contribution in [0.25, 0.3) is 16.7 Å².